The van der Waals surface area contributed by atoms with Crippen molar-refractivity contribution in [3.63, 3.8) is 0 Å². The summed E-state index contributed by atoms with van der Waals surface area (Å²) in [5.41, 5.74) is 3.39. The quantitative estimate of drug-likeness (QED) is 0.774. The Morgan fingerprint density at radius 1 is 1.16 bits per heavy atom. The van der Waals surface area contributed by atoms with Gasteiger partial charge in [0.1, 0.15) is 16.9 Å². The fourth-order valence-corrected chi connectivity index (χ4v) is 3.74. The van der Waals surface area contributed by atoms with Gasteiger partial charge in [0, 0.05) is 23.7 Å². The van der Waals surface area contributed by atoms with Crippen LogP contribution < -0.4 is 10.1 Å². The minimum atomic E-state index is -0.273. The Balaban J connectivity index is 1.64. The first-order chi connectivity index (χ1) is 12.2. The molecule has 1 N–H and O–H groups in total. The Kier molecular flexibility index (Phi) is 3.89. The van der Waals surface area contributed by atoms with Crippen molar-refractivity contribution in [2.75, 3.05) is 19.5 Å². The third kappa shape index (κ3) is 2.74. The molecule has 1 aliphatic heterocycles. The highest BCUT2D eigenvalue weighted by Crippen LogP contribution is 2.34. The van der Waals surface area contributed by atoms with Crippen LogP contribution in [0.4, 0.5) is 5.69 Å². The first-order valence-electron chi connectivity index (χ1n) is 7.90. The SMILES string of the molecule is COc1ccc(-c2nc(C3Nc4ccccc4C(=O)N3C)cs2)cc1. The number of anilines is 1. The summed E-state index contributed by atoms with van der Waals surface area (Å²) in [6.45, 7) is 0. The molecular formula is C19H17N3O2S. The molecule has 1 atom stereocenters. The molecule has 6 heteroatoms. The molecule has 0 aliphatic carbocycles. The molecule has 0 spiro atoms. The summed E-state index contributed by atoms with van der Waals surface area (Å²) in [6.07, 6.45) is -0.273. The van der Waals surface area contributed by atoms with Crippen molar-refractivity contribution in [2.24, 2.45) is 0 Å². The van der Waals surface area contributed by atoms with Crippen LogP contribution in [0.1, 0.15) is 22.2 Å². The molecule has 0 fully saturated rings. The molecule has 0 bridgehead atoms. The van der Waals surface area contributed by atoms with E-state index in [0.29, 0.717) is 5.56 Å². The number of hydrogen-bond donors (Lipinski definition) is 1. The zero-order chi connectivity index (χ0) is 17.4. The van der Waals surface area contributed by atoms with Gasteiger partial charge in [-0.05, 0) is 36.4 Å². The van der Waals surface area contributed by atoms with Gasteiger partial charge in [0.2, 0.25) is 0 Å². The highest BCUT2D eigenvalue weighted by atomic mass is 32.1. The number of fused-ring (bicyclic) bond motifs is 1. The summed E-state index contributed by atoms with van der Waals surface area (Å²) in [5, 5.41) is 6.32. The molecule has 1 aliphatic rings. The maximum Gasteiger partial charge on any atom is 0.257 e. The van der Waals surface area contributed by atoms with Gasteiger partial charge in [-0.3, -0.25) is 4.79 Å². The number of nitrogens with zero attached hydrogens (tertiary/aromatic N) is 2. The number of aromatic nitrogens is 1. The Bertz CT molecular complexity index is 920. The number of methoxy groups -OCH3 is 1. The van der Waals surface area contributed by atoms with Crippen molar-refractivity contribution in [2.45, 2.75) is 6.17 Å². The third-order valence-corrected chi connectivity index (χ3v) is 5.21. The van der Waals surface area contributed by atoms with E-state index in [1.165, 1.54) is 0 Å². The van der Waals surface area contributed by atoms with Gasteiger partial charge in [0.15, 0.2) is 0 Å². The van der Waals surface area contributed by atoms with E-state index in [-0.39, 0.29) is 12.1 Å². The summed E-state index contributed by atoms with van der Waals surface area (Å²) >= 11 is 1.56. The second-order valence-electron chi connectivity index (χ2n) is 5.81. The largest absolute Gasteiger partial charge is 0.497 e. The summed E-state index contributed by atoms with van der Waals surface area (Å²) in [7, 11) is 3.44. The number of rotatable bonds is 3. The molecule has 1 amide bonds. The maximum absolute atomic E-state index is 12.6. The Labute approximate surface area is 149 Å². The smallest absolute Gasteiger partial charge is 0.257 e. The molecule has 0 radical (unpaired) electrons. The van der Waals surface area contributed by atoms with Crippen LogP contribution in [-0.2, 0) is 0 Å². The highest BCUT2D eigenvalue weighted by molar-refractivity contribution is 7.13. The van der Waals surface area contributed by atoms with Crippen molar-refractivity contribution >= 4 is 22.9 Å². The molecule has 0 saturated carbocycles. The lowest BCUT2D eigenvalue weighted by molar-refractivity contribution is 0.0733. The topological polar surface area (TPSA) is 54.5 Å². The molecule has 2 heterocycles. The van der Waals surface area contributed by atoms with Gasteiger partial charge in [-0.2, -0.15) is 0 Å². The number of ether oxygens (including phenoxy) is 1. The molecule has 0 saturated heterocycles. The van der Waals surface area contributed by atoms with Crippen LogP contribution in [0, 0.1) is 0 Å². The normalized spacial score (nSPS) is 16.3. The van der Waals surface area contributed by atoms with E-state index in [1.807, 2.05) is 53.9 Å². The van der Waals surface area contributed by atoms with Gasteiger partial charge >= 0.3 is 0 Å². The fourth-order valence-electron chi connectivity index (χ4n) is 2.90. The zero-order valence-electron chi connectivity index (χ0n) is 13.9. The highest BCUT2D eigenvalue weighted by Gasteiger charge is 2.31. The fraction of sp³-hybridized carbons (Fsp3) is 0.158. The number of hydrogen-bond acceptors (Lipinski definition) is 5. The molecule has 4 rings (SSSR count). The first kappa shape index (κ1) is 15.7. The molecule has 25 heavy (non-hydrogen) atoms. The van der Waals surface area contributed by atoms with Crippen LogP contribution in [-0.4, -0.2) is 29.9 Å². The van der Waals surface area contributed by atoms with Gasteiger partial charge in [-0.25, -0.2) is 4.98 Å². The Morgan fingerprint density at radius 2 is 1.92 bits per heavy atom. The maximum atomic E-state index is 12.6. The second-order valence-corrected chi connectivity index (χ2v) is 6.67. The number of amides is 1. The van der Waals surface area contributed by atoms with Crippen LogP contribution in [0.25, 0.3) is 10.6 Å². The predicted octanol–water partition coefficient (Wildman–Crippen LogP) is 4.02. The minimum Gasteiger partial charge on any atom is -0.497 e. The summed E-state index contributed by atoms with van der Waals surface area (Å²) < 4.78 is 5.19. The molecule has 1 unspecified atom stereocenters. The number of carbonyl (C=O) groups excluding carboxylic acids is 1. The first-order valence-corrected chi connectivity index (χ1v) is 8.78. The third-order valence-electron chi connectivity index (χ3n) is 4.30. The van der Waals surface area contributed by atoms with Crippen LogP contribution in [0.5, 0.6) is 5.75 Å². The molecular weight excluding hydrogens is 334 g/mol. The molecule has 1 aromatic heterocycles. The summed E-state index contributed by atoms with van der Waals surface area (Å²) in [6, 6.07) is 15.4. The minimum absolute atomic E-state index is 0.00153. The Morgan fingerprint density at radius 3 is 2.68 bits per heavy atom. The van der Waals surface area contributed by atoms with Crippen molar-refractivity contribution < 1.29 is 9.53 Å². The van der Waals surface area contributed by atoms with Gasteiger partial charge in [-0.15, -0.1) is 11.3 Å². The van der Waals surface area contributed by atoms with Crippen LogP contribution >= 0.6 is 11.3 Å². The van der Waals surface area contributed by atoms with Gasteiger partial charge in [-0.1, -0.05) is 12.1 Å². The van der Waals surface area contributed by atoms with Crippen LogP contribution in [0.2, 0.25) is 0 Å². The predicted molar refractivity (Wildman–Crippen MR) is 99.0 cm³/mol. The summed E-state index contributed by atoms with van der Waals surface area (Å²) in [5.74, 6) is 0.815. The van der Waals surface area contributed by atoms with E-state index in [0.717, 1.165) is 27.7 Å². The summed E-state index contributed by atoms with van der Waals surface area (Å²) in [4.78, 5) is 19.0. The van der Waals surface area contributed by atoms with Crippen LogP contribution in [0.15, 0.2) is 53.9 Å². The molecule has 3 aromatic rings. The van der Waals surface area contributed by atoms with E-state index in [9.17, 15) is 4.79 Å². The number of benzene rings is 2. The average Bonchev–Trinajstić information content (AvgIpc) is 3.14. The van der Waals surface area contributed by atoms with E-state index >= 15 is 0 Å². The molecule has 5 nitrogen and oxygen atoms in total. The second kappa shape index (κ2) is 6.22. The van der Waals surface area contributed by atoms with Crippen molar-refractivity contribution in [3.8, 4) is 16.3 Å². The zero-order valence-corrected chi connectivity index (χ0v) is 14.7. The lowest BCUT2D eigenvalue weighted by atomic mass is 10.1. The number of nitrogens with one attached hydrogen (secondary N) is 1. The van der Waals surface area contributed by atoms with Gasteiger partial charge < -0.3 is 15.0 Å². The Hall–Kier alpha value is -2.86. The molecule has 126 valence electrons. The van der Waals surface area contributed by atoms with E-state index in [2.05, 4.69) is 5.32 Å². The van der Waals surface area contributed by atoms with Gasteiger partial charge in [0.25, 0.3) is 5.91 Å². The van der Waals surface area contributed by atoms with Crippen molar-refractivity contribution in [3.05, 3.63) is 65.2 Å². The van der Waals surface area contributed by atoms with Crippen molar-refractivity contribution in [1.82, 2.24) is 9.88 Å². The number of para-hydroxylation sites is 1. The lowest BCUT2D eigenvalue weighted by Gasteiger charge is -2.34. The van der Waals surface area contributed by atoms with E-state index in [1.54, 1.807) is 30.4 Å². The van der Waals surface area contributed by atoms with Crippen molar-refractivity contribution in [1.29, 1.82) is 0 Å². The van der Waals surface area contributed by atoms with Gasteiger partial charge in [0.05, 0.1) is 18.4 Å². The van der Waals surface area contributed by atoms with E-state index in [4.69, 9.17) is 9.72 Å². The number of carbonyl (C=O) groups is 1. The number of thiazole rings is 1. The standard InChI is InChI=1S/C19H17N3O2S/c1-22-17(20-15-6-4-3-5-14(15)19(22)23)16-11-25-18(21-16)12-7-9-13(24-2)10-8-12/h3-11,17,20H,1-2H3. The van der Waals surface area contributed by atoms with E-state index < -0.39 is 0 Å². The lowest BCUT2D eigenvalue weighted by Crippen LogP contribution is -2.40. The van der Waals surface area contributed by atoms with Crippen LogP contribution in [0.3, 0.4) is 0 Å². The monoisotopic (exact) mass is 351 g/mol. The molecule has 2 aromatic carbocycles. The average molecular weight is 351 g/mol.